The summed E-state index contributed by atoms with van der Waals surface area (Å²) in [6.45, 7) is 22.1. The molecule has 50 heteroatoms. The molecule has 146 heavy (non-hydrogen) atoms. The quantitative estimate of drug-likeness (QED) is 0.0255. The zero-order valence-corrected chi connectivity index (χ0v) is 82.0. The Kier molecular flexibility index (Phi) is 48.5. The highest BCUT2D eigenvalue weighted by Gasteiger charge is 2.39. The minimum absolute atomic E-state index is 0.00447. The Morgan fingerprint density at radius 1 is 0.336 bits per heavy atom. The van der Waals surface area contributed by atoms with Gasteiger partial charge in [-0.05, 0) is 167 Å². The number of benzene rings is 5. The molecule has 9 amide bonds. The maximum atomic E-state index is 12.6. The number of aromatic nitrogens is 27. The van der Waals surface area contributed by atoms with E-state index < -0.39 is 11.8 Å². The van der Waals surface area contributed by atoms with Gasteiger partial charge in [0, 0.05) is 130 Å². The van der Waals surface area contributed by atoms with Gasteiger partial charge in [0.2, 0.25) is 52.4 Å². The number of amides is 9. The Bertz CT molecular complexity index is 5980. The van der Waals surface area contributed by atoms with Gasteiger partial charge in [0.25, 0.3) is 53.2 Å². The molecule has 12 N–H and O–H groups in total. The second-order valence-corrected chi connectivity index (χ2v) is 34.1. The summed E-state index contributed by atoms with van der Waals surface area (Å²) in [5.74, 6) is -0.361. The Morgan fingerprint density at radius 3 is 0.938 bits per heavy atom. The van der Waals surface area contributed by atoms with Gasteiger partial charge in [0.15, 0.2) is 0 Å². The van der Waals surface area contributed by atoms with Crippen LogP contribution in [0.3, 0.4) is 0 Å². The molecular formula is C96H111ClFN37O11. The normalized spacial score (nSPS) is 13.2. The molecule has 5 aromatic carbocycles. The monoisotopic (exact) mass is 2010 g/mol. The van der Waals surface area contributed by atoms with Gasteiger partial charge in [-0.25, -0.2) is 49.2 Å². The Hall–Kier alpha value is -17.8. The third-order valence-electron chi connectivity index (χ3n) is 19.5. The molecule has 16 rings (SSSR count). The molecule has 9 aromatic heterocycles. The Balaban J connectivity index is 0.000000201. The molecule has 0 bridgehead atoms. The number of piperidine rings is 1. The number of aromatic hydroxyl groups is 2. The van der Waals surface area contributed by atoms with Crippen molar-refractivity contribution < 1.29 is 57.8 Å². The first-order valence-corrected chi connectivity index (χ1v) is 45.9. The molecule has 2 aliphatic rings. The summed E-state index contributed by atoms with van der Waals surface area (Å²) in [5.41, 5.74) is 4.43. The highest BCUT2D eigenvalue weighted by molar-refractivity contribution is 6.30. The predicted octanol–water partition coefficient (Wildman–Crippen LogP) is 7.21. The lowest BCUT2D eigenvalue weighted by Crippen LogP contribution is -2.62. The van der Waals surface area contributed by atoms with Crippen molar-refractivity contribution in [2.45, 2.75) is 163 Å². The number of phenols is 2. The number of nitrogens with zero attached hydrogens (tertiary/aromatic N) is 27. The number of hydrogen-bond acceptors (Lipinski definition) is 39. The molecule has 14 aromatic rings. The molecule has 1 saturated heterocycles. The first kappa shape index (κ1) is 113. The third-order valence-corrected chi connectivity index (χ3v) is 19.8. The highest BCUT2D eigenvalue weighted by atomic mass is 35.5. The highest BCUT2D eigenvalue weighted by Crippen LogP contribution is 2.29. The molecule has 1 aliphatic carbocycles. The van der Waals surface area contributed by atoms with Crippen molar-refractivity contribution in [2.75, 3.05) is 13.1 Å². The SMILES string of the molecule is CC(C)CCNC(=O)c1nccnn1.CC(C)CNC(=O)c1nccnn1.CC1(C)CC(NC(=O)c2nccnn2)CC(C)(C)N1.C[C@H]1CC[C@H](NC(=O)c2nccnn2)CC1.O=C(NCc1ccc(Cl)cc1)c1nccnn1.O=C(NCc1ccc(F)cc1)c1nccnn1.O=C(NCc1ccc(O)cc1)c1nccnn1.O=C(NCc1cccc(O)c1)c1nccnn1.O=C(NCc1ccccc1)c1nccnn1. The van der Waals surface area contributed by atoms with Crippen molar-refractivity contribution in [3.05, 3.63) is 330 Å². The molecule has 48 nitrogen and oxygen atoms in total. The van der Waals surface area contributed by atoms with Crippen molar-refractivity contribution in [3.63, 3.8) is 0 Å². The molecule has 0 unspecified atom stereocenters. The fourth-order valence-electron chi connectivity index (χ4n) is 12.8. The molecule has 10 heterocycles. The molecule has 0 spiro atoms. The Morgan fingerprint density at radius 2 is 0.623 bits per heavy atom. The number of carbonyl (C=O) groups excluding carboxylic acids is 9. The van der Waals surface area contributed by atoms with E-state index >= 15 is 0 Å². The van der Waals surface area contributed by atoms with Gasteiger partial charge in [0.05, 0.1) is 55.8 Å². The van der Waals surface area contributed by atoms with Gasteiger partial charge in [0.1, 0.15) is 17.3 Å². The smallest absolute Gasteiger partial charge is 0.291 e. The summed E-state index contributed by atoms with van der Waals surface area (Å²) in [6, 6.07) is 36.3. The third kappa shape index (κ3) is 45.6. The molecule has 760 valence electrons. The fourth-order valence-corrected chi connectivity index (χ4v) is 12.9. The van der Waals surface area contributed by atoms with Crippen molar-refractivity contribution in [1.29, 1.82) is 0 Å². The van der Waals surface area contributed by atoms with Gasteiger partial charge < -0.3 is 63.4 Å². The zero-order chi connectivity index (χ0) is 105. The number of nitrogens with one attached hydrogen (secondary N) is 10. The van der Waals surface area contributed by atoms with Crippen LogP contribution in [0.15, 0.2) is 239 Å². The number of rotatable bonds is 26. The largest absolute Gasteiger partial charge is 0.508 e. The van der Waals surface area contributed by atoms with E-state index in [1.807, 2.05) is 56.3 Å². The van der Waals surface area contributed by atoms with E-state index in [9.17, 15) is 52.6 Å². The van der Waals surface area contributed by atoms with Crippen LogP contribution in [-0.4, -0.2) is 236 Å². The van der Waals surface area contributed by atoms with E-state index in [4.69, 9.17) is 16.7 Å². The van der Waals surface area contributed by atoms with Crippen LogP contribution in [0, 0.1) is 23.6 Å². The minimum atomic E-state index is -0.414. The number of phenolic OH excluding ortho intramolecular Hbond substituents is 2. The maximum Gasteiger partial charge on any atom is 0.291 e. The van der Waals surface area contributed by atoms with Gasteiger partial charge in [-0.2, -0.15) is 45.9 Å². The average Bonchev–Trinajstić information content (AvgIpc) is 0.803. The van der Waals surface area contributed by atoms with Crippen LogP contribution in [-0.2, 0) is 32.7 Å². The van der Waals surface area contributed by atoms with Crippen LogP contribution < -0.4 is 53.2 Å². The van der Waals surface area contributed by atoms with Crippen LogP contribution in [0.1, 0.15) is 231 Å². The van der Waals surface area contributed by atoms with Crippen LogP contribution in [0.2, 0.25) is 5.02 Å². The lowest BCUT2D eigenvalue weighted by molar-refractivity contribution is 0.0856. The maximum absolute atomic E-state index is 12.6. The van der Waals surface area contributed by atoms with E-state index in [1.54, 1.807) is 72.8 Å². The van der Waals surface area contributed by atoms with Gasteiger partial charge in [-0.3, -0.25) is 43.2 Å². The second kappa shape index (κ2) is 62.4. The van der Waals surface area contributed by atoms with Gasteiger partial charge in [-0.15, -0.1) is 45.9 Å². The van der Waals surface area contributed by atoms with E-state index in [0.29, 0.717) is 56.1 Å². The molecular weight excluding hydrogens is 1900 g/mol. The summed E-state index contributed by atoms with van der Waals surface area (Å²) in [6.07, 6.45) is 32.8. The first-order valence-electron chi connectivity index (χ1n) is 45.5. The summed E-state index contributed by atoms with van der Waals surface area (Å²) >= 11 is 5.75. The lowest BCUT2D eigenvalue weighted by Gasteiger charge is -2.46. The van der Waals surface area contributed by atoms with Crippen molar-refractivity contribution >= 4 is 64.8 Å². The summed E-state index contributed by atoms with van der Waals surface area (Å²) in [4.78, 5) is 138. The summed E-state index contributed by atoms with van der Waals surface area (Å²) < 4.78 is 12.6. The number of halogens is 2. The molecule has 1 saturated carbocycles. The fraction of sp³-hybridized carbons (Fsp3) is 0.312. The van der Waals surface area contributed by atoms with E-state index in [1.165, 1.54) is 137 Å². The summed E-state index contributed by atoms with van der Waals surface area (Å²) in [7, 11) is 0. The molecule has 1 aliphatic heterocycles. The minimum Gasteiger partial charge on any atom is -0.508 e. The topological polar surface area (TPSA) is 662 Å². The number of carbonyl (C=O) groups is 9. The van der Waals surface area contributed by atoms with Crippen molar-refractivity contribution in [1.82, 2.24) is 190 Å². The summed E-state index contributed by atoms with van der Waals surface area (Å²) in [5, 5.41) is 112. The van der Waals surface area contributed by atoms with Gasteiger partial charge >= 0.3 is 0 Å². The predicted molar refractivity (Wildman–Crippen MR) is 524 cm³/mol. The van der Waals surface area contributed by atoms with E-state index in [0.717, 1.165) is 65.8 Å². The van der Waals surface area contributed by atoms with Crippen LogP contribution in [0.4, 0.5) is 4.39 Å². The lowest BCUT2D eigenvalue weighted by atomic mass is 9.79. The van der Waals surface area contributed by atoms with E-state index in [2.05, 4.69) is 238 Å². The van der Waals surface area contributed by atoms with Crippen molar-refractivity contribution in [2.24, 2.45) is 17.8 Å². The second-order valence-electron chi connectivity index (χ2n) is 33.6. The molecule has 0 atom stereocenters. The van der Waals surface area contributed by atoms with Crippen LogP contribution in [0.5, 0.6) is 11.5 Å². The Labute approximate surface area is 843 Å². The van der Waals surface area contributed by atoms with Gasteiger partial charge in [-0.1, -0.05) is 125 Å². The average molecular weight is 2010 g/mol. The first-order chi connectivity index (χ1) is 70.3. The van der Waals surface area contributed by atoms with Crippen LogP contribution in [0.25, 0.3) is 0 Å². The molecule has 2 fully saturated rings. The zero-order valence-electron chi connectivity index (χ0n) is 81.2. The molecule has 0 radical (unpaired) electrons. The van der Waals surface area contributed by atoms with E-state index in [-0.39, 0.29) is 141 Å². The van der Waals surface area contributed by atoms with Crippen molar-refractivity contribution in [3.8, 4) is 11.5 Å². The standard InChI is InChI=1S/C13H21N5O.C11H9ClN4O.C11H9FN4O.2C11H10N4O2.C11H16N4O.C11H10N4O.C9H14N4O.C8H12N4O/c1-12(2)7-9(8-13(3,4)18-12)16-11(19)10-14-5-6-15-17-10;2*12-9-3-1-8(2-4-9)7-14-11(17)10-13-5-6-15-16-10;16-9-3-1-8(2-4-9)7-13-11(17)10-12-5-6-14-15-10;16-9-3-1-2-8(6-9)7-13-11(17)10-12-4-5-14-15-10;1-8-2-4-9(5-3-8)14-11(16)10-12-6-7-13-15-10;16-11(10-12-6-7-14-15-10)13-8-9-4-2-1-3-5-9;1-7(2)3-4-11-9(14)8-10-5-6-12-13-8;1-6(2)5-10-8(13)7-9-3-4-11-12-7/h5-6,9,18H,7-8H2,1-4H3,(H,16,19);2*1-6H,7H2,(H,14,17);2*1-6,16H,7H2,(H,13,17);6-9H,2-5H2,1H3,(H,14,16);1-7H,8H2,(H,13,16);5-7H,3-4H2,1-2H3,(H,11,14);3-4,6H,5H2,1-2H3,(H,10,13)/t;;;;;8-,9-;;;. The van der Waals surface area contributed by atoms with Crippen LogP contribution >= 0.6 is 11.6 Å². The number of hydrogen-bond donors (Lipinski definition) is 12.